The molecule has 232 valence electrons. The summed E-state index contributed by atoms with van der Waals surface area (Å²) in [7, 11) is 1.32. The van der Waals surface area contributed by atoms with Gasteiger partial charge in [-0.25, -0.2) is 13.8 Å². The first-order valence-corrected chi connectivity index (χ1v) is 15.4. The van der Waals surface area contributed by atoms with E-state index in [9.17, 15) is 9.18 Å². The number of Topliss-reactive ketones (excluding diaryl/α,β-unsaturated/α-hetero) is 1. The number of hydrogen-bond acceptors (Lipinski definition) is 9. The van der Waals surface area contributed by atoms with Gasteiger partial charge in [0, 0.05) is 35.5 Å². The summed E-state index contributed by atoms with van der Waals surface area (Å²) in [5.41, 5.74) is 0.379. The molecule has 0 radical (unpaired) electrons. The number of aromatic nitrogens is 3. The highest BCUT2D eigenvalue weighted by Crippen LogP contribution is 2.48. The number of carbonyl (C=O) groups is 1. The average Bonchev–Trinajstić information content (AvgIpc) is 3.47. The van der Waals surface area contributed by atoms with Gasteiger partial charge in [0.15, 0.2) is 5.78 Å². The van der Waals surface area contributed by atoms with Crippen LogP contribution in [0, 0.1) is 35.8 Å². The zero-order valence-corrected chi connectivity index (χ0v) is 25.7. The zero-order chi connectivity index (χ0) is 32.4. The Morgan fingerprint density at radius 1 is 1.17 bits per heavy atom. The summed E-state index contributed by atoms with van der Waals surface area (Å²) >= 11 is 1.44. The van der Waals surface area contributed by atoms with E-state index in [1.807, 2.05) is 17.0 Å². The Bertz CT molecular complexity index is 1910. The second-order valence-corrected chi connectivity index (χ2v) is 12.1. The maximum Gasteiger partial charge on any atom is 0.255 e. The van der Waals surface area contributed by atoms with Gasteiger partial charge in [0.05, 0.1) is 42.1 Å². The SMILES string of the molecule is COc1nc(N2C[C@H]3CSC(CC(=O)c4ccccc4)=N[C@@]3(c3cc(/C=C(\F)c4ccc(C#N)cn4)ccc3F)C2)nc(C)c1F. The minimum atomic E-state index is -1.19. The Hall–Kier alpha value is -5.02. The summed E-state index contributed by atoms with van der Waals surface area (Å²) in [5, 5.41) is 9.58. The molecule has 4 heterocycles. The number of halogens is 3. The summed E-state index contributed by atoms with van der Waals surface area (Å²) in [6.45, 7) is 2.00. The number of rotatable bonds is 8. The lowest BCUT2D eigenvalue weighted by Crippen LogP contribution is -2.39. The molecule has 0 bridgehead atoms. The van der Waals surface area contributed by atoms with Gasteiger partial charge in [0.25, 0.3) is 5.88 Å². The first kappa shape index (κ1) is 31.0. The number of hydrogen-bond donors (Lipinski definition) is 0. The number of carbonyl (C=O) groups excluding carboxylic acids is 1. The van der Waals surface area contributed by atoms with Crippen molar-refractivity contribution in [2.75, 3.05) is 30.9 Å². The van der Waals surface area contributed by atoms with Crippen molar-refractivity contribution in [1.29, 1.82) is 5.26 Å². The van der Waals surface area contributed by atoms with E-state index in [1.165, 1.54) is 62.3 Å². The van der Waals surface area contributed by atoms with Gasteiger partial charge >= 0.3 is 0 Å². The number of ketones is 1. The molecular formula is C34H27F3N6O2S. The molecule has 8 nitrogen and oxygen atoms in total. The molecule has 0 N–H and O–H groups in total. The van der Waals surface area contributed by atoms with Crippen molar-refractivity contribution in [3.63, 3.8) is 0 Å². The smallest absolute Gasteiger partial charge is 0.255 e. The van der Waals surface area contributed by atoms with E-state index >= 15 is 8.78 Å². The highest BCUT2D eigenvalue weighted by Gasteiger charge is 2.52. The summed E-state index contributed by atoms with van der Waals surface area (Å²) in [5.74, 6) is -1.74. The molecule has 0 saturated carbocycles. The fourth-order valence-electron chi connectivity index (χ4n) is 5.72. The van der Waals surface area contributed by atoms with Crippen molar-refractivity contribution in [3.05, 3.63) is 112 Å². The molecule has 0 spiro atoms. The molecule has 46 heavy (non-hydrogen) atoms. The minimum absolute atomic E-state index is 0.0273. The van der Waals surface area contributed by atoms with Crippen LogP contribution in [0.3, 0.4) is 0 Å². The molecule has 2 atom stereocenters. The molecule has 4 aromatic rings. The number of methoxy groups -OCH3 is 1. The van der Waals surface area contributed by atoms with Crippen LogP contribution < -0.4 is 9.64 Å². The first-order valence-electron chi connectivity index (χ1n) is 14.4. The van der Waals surface area contributed by atoms with E-state index < -0.39 is 23.0 Å². The van der Waals surface area contributed by atoms with Crippen LogP contribution in [0.5, 0.6) is 5.88 Å². The van der Waals surface area contributed by atoms with Gasteiger partial charge < -0.3 is 9.64 Å². The average molecular weight is 641 g/mol. The third-order valence-electron chi connectivity index (χ3n) is 8.07. The van der Waals surface area contributed by atoms with Crippen molar-refractivity contribution < 1.29 is 22.7 Å². The van der Waals surface area contributed by atoms with Crippen molar-refractivity contribution in [1.82, 2.24) is 15.0 Å². The molecule has 1 fully saturated rings. The molecule has 0 amide bonds. The van der Waals surface area contributed by atoms with Crippen molar-refractivity contribution in [2.24, 2.45) is 10.9 Å². The highest BCUT2D eigenvalue weighted by molar-refractivity contribution is 8.14. The number of thioether (sulfide) groups is 1. The van der Waals surface area contributed by atoms with E-state index in [4.69, 9.17) is 15.0 Å². The fraction of sp³-hybridized carbons (Fsp3) is 0.235. The number of nitrogens with zero attached hydrogens (tertiary/aromatic N) is 6. The van der Waals surface area contributed by atoms with Gasteiger partial charge in [-0.2, -0.15) is 14.6 Å². The van der Waals surface area contributed by atoms with Crippen molar-refractivity contribution in [2.45, 2.75) is 18.9 Å². The monoisotopic (exact) mass is 640 g/mol. The summed E-state index contributed by atoms with van der Waals surface area (Å²) in [6, 6.07) is 18.0. The molecular weight excluding hydrogens is 613 g/mol. The van der Waals surface area contributed by atoms with Crippen LogP contribution in [0.15, 0.2) is 71.9 Å². The second-order valence-electron chi connectivity index (χ2n) is 11.0. The first-order chi connectivity index (χ1) is 22.2. The summed E-state index contributed by atoms with van der Waals surface area (Å²) in [6.07, 6.45) is 2.55. The van der Waals surface area contributed by atoms with Gasteiger partial charge in [0.1, 0.15) is 23.3 Å². The Kier molecular flexibility index (Phi) is 8.60. The van der Waals surface area contributed by atoms with Gasteiger partial charge in [0.2, 0.25) is 11.8 Å². The molecule has 2 aliphatic heterocycles. The lowest BCUT2D eigenvalue weighted by molar-refractivity contribution is 0.100. The fourth-order valence-corrected chi connectivity index (χ4v) is 6.96. The maximum atomic E-state index is 15.9. The minimum Gasteiger partial charge on any atom is -0.479 e. The van der Waals surface area contributed by atoms with Gasteiger partial charge in [-0.15, -0.1) is 11.8 Å². The van der Waals surface area contributed by atoms with Crippen LogP contribution in [-0.4, -0.2) is 51.7 Å². The number of anilines is 1. The molecule has 2 aromatic heterocycles. The Morgan fingerprint density at radius 2 is 1.98 bits per heavy atom. The third kappa shape index (κ3) is 5.98. The third-order valence-corrected chi connectivity index (χ3v) is 9.21. The Balaban J connectivity index is 1.43. The zero-order valence-electron chi connectivity index (χ0n) is 24.9. The largest absolute Gasteiger partial charge is 0.479 e. The van der Waals surface area contributed by atoms with E-state index in [0.29, 0.717) is 34.0 Å². The highest BCUT2D eigenvalue weighted by atomic mass is 32.2. The summed E-state index contributed by atoms with van der Waals surface area (Å²) < 4.78 is 50.9. The lowest BCUT2D eigenvalue weighted by Gasteiger charge is -2.36. The molecule has 2 aromatic carbocycles. The number of aliphatic imine (C=N–C) groups is 1. The second kappa shape index (κ2) is 12.8. The predicted octanol–water partition coefficient (Wildman–Crippen LogP) is 6.56. The Morgan fingerprint density at radius 3 is 2.70 bits per heavy atom. The van der Waals surface area contributed by atoms with E-state index in [0.717, 1.165) is 0 Å². The Labute approximate surface area is 267 Å². The number of pyridine rings is 1. The molecule has 2 aliphatic rings. The van der Waals surface area contributed by atoms with Crippen LogP contribution in [0.1, 0.15) is 44.9 Å². The van der Waals surface area contributed by atoms with Crippen LogP contribution >= 0.6 is 11.8 Å². The van der Waals surface area contributed by atoms with E-state index in [1.54, 1.807) is 30.3 Å². The molecule has 1 saturated heterocycles. The van der Waals surface area contributed by atoms with Gasteiger partial charge in [-0.1, -0.05) is 36.4 Å². The van der Waals surface area contributed by atoms with E-state index in [-0.39, 0.29) is 53.4 Å². The molecule has 12 heteroatoms. The lowest BCUT2D eigenvalue weighted by atomic mass is 9.80. The van der Waals surface area contributed by atoms with Gasteiger partial charge in [-0.05, 0) is 42.8 Å². The standard InChI is InChI=1S/C34H27F3N6O2S/c1-20-31(37)32(45-2)41-33(40-20)43-17-24-18-46-30(14-29(44)23-6-4-3-5-7-23)42-34(24,19-43)25-12-21(8-10-26(25)35)13-27(36)28-11-9-22(15-38)16-39-28/h3-13,16,24H,14,17-19H2,1-2H3/b27-13-/t24-,34-/m0/s1. The number of nitriles is 1. The number of fused-ring (bicyclic) bond motifs is 1. The summed E-state index contributed by atoms with van der Waals surface area (Å²) in [4.78, 5) is 32.7. The molecule has 0 unspecified atom stereocenters. The van der Waals surface area contributed by atoms with Crippen LogP contribution in [-0.2, 0) is 5.54 Å². The van der Waals surface area contributed by atoms with Crippen LogP contribution in [0.4, 0.5) is 19.1 Å². The normalized spacial score (nSPS) is 19.3. The van der Waals surface area contributed by atoms with Crippen LogP contribution in [0.2, 0.25) is 0 Å². The topological polar surface area (TPSA) is 104 Å². The number of ether oxygens (including phenoxy) is 1. The predicted molar refractivity (Wildman–Crippen MR) is 170 cm³/mol. The number of benzene rings is 2. The molecule has 0 aliphatic carbocycles. The maximum absolute atomic E-state index is 15.9. The number of aryl methyl sites for hydroxylation is 1. The molecule has 6 rings (SSSR count). The van der Waals surface area contributed by atoms with Gasteiger partial charge in [-0.3, -0.25) is 14.8 Å². The quantitative estimate of drug-likeness (QED) is 0.200. The van der Waals surface area contributed by atoms with Crippen molar-refractivity contribution >= 4 is 40.4 Å². The van der Waals surface area contributed by atoms with Crippen LogP contribution in [0.25, 0.3) is 11.9 Å². The van der Waals surface area contributed by atoms with E-state index in [2.05, 4.69) is 15.0 Å². The van der Waals surface area contributed by atoms with Crippen molar-refractivity contribution in [3.8, 4) is 11.9 Å².